The summed E-state index contributed by atoms with van der Waals surface area (Å²) in [5, 5.41) is 7.09. The van der Waals surface area contributed by atoms with Gasteiger partial charge in [-0.2, -0.15) is 0 Å². The molecule has 0 aliphatic rings. The third kappa shape index (κ3) is 5.46. The smallest absolute Gasteiger partial charge is 0.160 e. The zero-order valence-corrected chi connectivity index (χ0v) is 34.2. The summed E-state index contributed by atoms with van der Waals surface area (Å²) in [4.78, 5) is 0. The lowest BCUT2D eigenvalue weighted by Gasteiger charge is -2.14. The number of benzene rings is 10. The molecule has 294 valence electrons. The minimum absolute atomic E-state index is 0.874. The Hall–Kier alpha value is -8.40. The van der Waals surface area contributed by atoms with Crippen LogP contribution in [0.1, 0.15) is 0 Å². The number of hydrogen-bond donors (Lipinski definition) is 0. The third-order valence-electron chi connectivity index (χ3n) is 13.0. The Bertz CT molecular complexity index is 3900. The first-order chi connectivity index (χ1) is 31.3. The molecule has 3 heterocycles. The van der Waals surface area contributed by atoms with Crippen LogP contribution in [0.5, 0.6) is 0 Å². The Balaban J connectivity index is 0.996. The second-order valence-electron chi connectivity index (χ2n) is 16.4. The summed E-state index contributed by atoms with van der Waals surface area (Å²) in [7, 11) is 0. The number of hydrogen-bond acceptors (Lipinski definition) is 1. The van der Waals surface area contributed by atoms with E-state index < -0.39 is 0 Å². The highest BCUT2D eigenvalue weighted by atomic mass is 16.3. The highest BCUT2D eigenvalue weighted by molar-refractivity contribution is 6.18. The van der Waals surface area contributed by atoms with Gasteiger partial charge in [0.15, 0.2) is 5.58 Å². The fraction of sp³-hybridized carbons (Fsp3) is 0. The van der Waals surface area contributed by atoms with E-state index in [0.29, 0.717) is 0 Å². The molecule has 63 heavy (non-hydrogen) atoms. The molecule has 13 aromatic rings. The van der Waals surface area contributed by atoms with E-state index in [9.17, 15) is 0 Å². The van der Waals surface area contributed by atoms with Crippen molar-refractivity contribution >= 4 is 65.6 Å². The molecule has 13 rings (SSSR count). The van der Waals surface area contributed by atoms with Crippen LogP contribution in [0.15, 0.2) is 235 Å². The van der Waals surface area contributed by atoms with Crippen molar-refractivity contribution in [2.75, 3.05) is 0 Å². The molecular weight excluding hydrogens is 765 g/mol. The summed E-state index contributed by atoms with van der Waals surface area (Å²) >= 11 is 0. The van der Waals surface area contributed by atoms with Crippen LogP contribution in [-0.2, 0) is 0 Å². The zero-order chi connectivity index (χ0) is 41.4. The van der Waals surface area contributed by atoms with Crippen LogP contribution < -0.4 is 0 Å². The standard InChI is InChI=1S/C60H38N2O/c1-3-17-39(18-4-1)43-21-7-8-23-45(43)48-33-36-57(60-59(48)49-26-12-16-30-58(49)63-60)62-54-29-15-11-25-47(54)51-38-42(32-35-56(51)62)41-31-34-55-50(37-41)46-24-10-14-28-53(46)61(55)52-27-13-9-22-44(52)40-19-5-2-6-20-40/h1-38H. The Morgan fingerprint density at radius 1 is 0.270 bits per heavy atom. The van der Waals surface area contributed by atoms with Crippen LogP contribution in [0.25, 0.3) is 121 Å². The minimum atomic E-state index is 0.874. The van der Waals surface area contributed by atoms with Gasteiger partial charge in [-0.1, -0.05) is 176 Å². The average molecular weight is 803 g/mol. The van der Waals surface area contributed by atoms with Crippen molar-refractivity contribution in [2.45, 2.75) is 0 Å². The topological polar surface area (TPSA) is 23.0 Å². The first kappa shape index (κ1) is 35.4. The fourth-order valence-corrected chi connectivity index (χ4v) is 10.2. The number of furan rings is 1. The molecule has 0 saturated carbocycles. The lowest BCUT2D eigenvalue weighted by molar-refractivity contribution is 0.666. The van der Waals surface area contributed by atoms with Crippen molar-refractivity contribution in [1.29, 1.82) is 0 Å². The zero-order valence-electron chi connectivity index (χ0n) is 34.2. The van der Waals surface area contributed by atoms with E-state index in [1.54, 1.807) is 0 Å². The first-order valence-corrected chi connectivity index (χ1v) is 21.6. The molecule has 0 amide bonds. The molecule has 0 aliphatic heterocycles. The predicted molar refractivity (Wildman–Crippen MR) is 264 cm³/mol. The van der Waals surface area contributed by atoms with E-state index >= 15 is 0 Å². The van der Waals surface area contributed by atoms with Crippen molar-refractivity contribution in [1.82, 2.24) is 9.13 Å². The lowest BCUT2D eigenvalue weighted by atomic mass is 9.91. The molecule has 0 unspecified atom stereocenters. The van der Waals surface area contributed by atoms with Crippen molar-refractivity contribution in [3.63, 3.8) is 0 Å². The first-order valence-electron chi connectivity index (χ1n) is 21.6. The second-order valence-corrected chi connectivity index (χ2v) is 16.4. The SMILES string of the molecule is c1ccc(-c2ccccc2-c2ccc(-n3c4ccccc4c4cc(-c5ccc6c(c5)c5ccccc5n6-c5ccccc5-c5ccccc5)ccc43)c3oc4ccccc4c23)cc1. The van der Waals surface area contributed by atoms with Gasteiger partial charge in [-0.05, 0) is 93.5 Å². The van der Waals surface area contributed by atoms with Crippen molar-refractivity contribution in [3.8, 4) is 55.9 Å². The summed E-state index contributed by atoms with van der Waals surface area (Å²) < 4.78 is 11.7. The number of para-hydroxylation sites is 4. The molecule has 0 spiro atoms. The van der Waals surface area contributed by atoms with Crippen molar-refractivity contribution in [3.05, 3.63) is 231 Å². The fourth-order valence-electron chi connectivity index (χ4n) is 10.2. The monoisotopic (exact) mass is 802 g/mol. The van der Waals surface area contributed by atoms with Gasteiger partial charge in [0.05, 0.1) is 33.4 Å². The molecule has 3 heteroatoms. The van der Waals surface area contributed by atoms with Crippen molar-refractivity contribution in [2.24, 2.45) is 0 Å². The lowest BCUT2D eigenvalue weighted by Crippen LogP contribution is -1.97. The van der Waals surface area contributed by atoms with Crippen LogP contribution in [0.2, 0.25) is 0 Å². The van der Waals surface area contributed by atoms with E-state index in [-0.39, 0.29) is 0 Å². The molecule has 10 aromatic carbocycles. The summed E-state index contributed by atoms with van der Waals surface area (Å²) in [6, 6.07) is 83.2. The van der Waals surface area contributed by atoms with Gasteiger partial charge in [0.1, 0.15) is 5.58 Å². The Labute approximate surface area is 363 Å². The quantitative estimate of drug-likeness (QED) is 0.164. The highest BCUT2D eigenvalue weighted by Crippen LogP contribution is 2.45. The normalized spacial score (nSPS) is 11.8. The van der Waals surface area contributed by atoms with E-state index in [0.717, 1.165) is 44.2 Å². The molecule has 0 radical (unpaired) electrons. The number of rotatable bonds is 6. The van der Waals surface area contributed by atoms with Gasteiger partial charge in [0.2, 0.25) is 0 Å². The maximum Gasteiger partial charge on any atom is 0.160 e. The minimum Gasteiger partial charge on any atom is -0.454 e. The predicted octanol–water partition coefficient (Wildman–Crippen LogP) is 16.4. The Kier molecular flexibility index (Phi) is 7.91. The van der Waals surface area contributed by atoms with Crippen LogP contribution in [0.4, 0.5) is 0 Å². The van der Waals surface area contributed by atoms with E-state index in [1.807, 2.05) is 0 Å². The molecular formula is C60H38N2O. The highest BCUT2D eigenvalue weighted by Gasteiger charge is 2.23. The third-order valence-corrected chi connectivity index (χ3v) is 13.0. The average Bonchev–Trinajstić information content (AvgIpc) is 4.02. The van der Waals surface area contributed by atoms with Gasteiger partial charge in [-0.25, -0.2) is 0 Å². The van der Waals surface area contributed by atoms with Gasteiger partial charge in [-0.15, -0.1) is 0 Å². The van der Waals surface area contributed by atoms with Crippen LogP contribution >= 0.6 is 0 Å². The van der Waals surface area contributed by atoms with Gasteiger partial charge < -0.3 is 13.6 Å². The van der Waals surface area contributed by atoms with Gasteiger partial charge in [0.25, 0.3) is 0 Å². The molecule has 0 N–H and O–H groups in total. The summed E-state index contributed by atoms with van der Waals surface area (Å²) in [5.41, 5.74) is 18.1. The molecule has 3 nitrogen and oxygen atoms in total. The largest absolute Gasteiger partial charge is 0.454 e. The molecule has 0 aliphatic carbocycles. The molecule has 0 bridgehead atoms. The maximum atomic E-state index is 6.93. The van der Waals surface area contributed by atoms with Gasteiger partial charge in [0, 0.05) is 37.9 Å². The molecule has 0 saturated heterocycles. The number of nitrogens with zero attached hydrogens (tertiary/aromatic N) is 2. The van der Waals surface area contributed by atoms with Crippen LogP contribution in [-0.4, -0.2) is 9.13 Å². The summed E-state index contributed by atoms with van der Waals surface area (Å²) in [6.07, 6.45) is 0. The molecule has 0 atom stereocenters. The van der Waals surface area contributed by atoms with E-state index in [1.165, 1.54) is 77.2 Å². The van der Waals surface area contributed by atoms with Gasteiger partial charge in [-0.3, -0.25) is 0 Å². The Morgan fingerprint density at radius 3 is 1.40 bits per heavy atom. The summed E-state index contributed by atoms with van der Waals surface area (Å²) in [5.74, 6) is 0. The van der Waals surface area contributed by atoms with Crippen LogP contribution in [0.3, 0.4) is 0 Å². The van der Waals surface area contributed by atoms with Crippen LogP contribution in [0, 0.1) is 0 Å². The number of aromatic nitrogens is 2. The van der Waals surface area contributed by atoms with Gasteiger partial charge >= 0.3 is 0 Å². The van der Waals surface area contributed by atoms with E-state index in [2.05, 4.69) is 240 Å². The molecule has 3 aromatic heterocycles. The number of fused-ring (bicyclic) bond motifs is 9. The van der Waals surface area contributed by atoms with Crippen molar-refractivity contribution < 1.29 is 4.42 Å². The second kappa shape index (κ2) is 14.1. The Morgan fingerprint density at radius 2 is 0.746 bits per heavy atom. The maximum absolute atomic E-state index is 6.93. The van der Waals surface area contributed by atoms with E-state index in [4.69, 9.17) is 4.42 Å². The molecule has 0 fully saturated rings. The summed E-state index contributed by atoms with van der Waals surface area (Å²) in [6.45, 7) is 0.